The number of nitrogens with zero attached hydrogens (tertiary/aromatic N) is 3. The number of nitrogens with one attached hydrogen (secondary N) is 2. The van der Waals surface area contributed by atoms with Crippen molar-refractivity contribution in [1.29, 1.82) is 0 Å². The maximum absolute atomic E-state index is 13.8. The molecule has 0 radical (unpaired) electrons. The standard InChI is InChI=1S/C43H46ClN5O6S.C10H16O/c1-4-45-39-17-15-36(26-40(39)49(51)52)56(53,54)46-42(50)37-16-13-34(25-41(37)55-35-14-10-29-6-5-7-31(29)24-35)48-22-20-47(21-23-48)28-32-18-19-43(2,3)27-38(32)30-8-11-33(44)12-9-30;11-10-8-2-6-1-7(4-8)5-9(10)3-6/h5,7-17,24-26,45H,4,6,18-23,27-28H2,1-3H3,(H,46,50);6-11H,1-5H2. The lowest BCUT2D eigenvalue weighted by Gasteiger charge is -2.52. The summed E-state index contributed by atoms with van der Waals surface area (Å²) in [6, 6.07) is 22.5. The lowest BCUT2D eigenvalue weighted by atomic mass is 9.55. The van der Waals surface area contributed by atoms with Crippen molar-refractivity contribution >= 4 is 56.2 Å². The van der Waals surface area contributed by atoms with Gasteiger partial charge in [-0.25, -0.2) is 13.1 Å². The van der Waals surface area contributed by atoms with E-state index in [4.69, 9.17) is 16.3 Å². The molecule has 1 amide bonds. The molecule has 1 aliphatic heterocycles. The van der Waals surface area contributed by atoms with Crippen LogP contribution in [0.15, 0.2) is 95.4 Å². The lowest BCUT2D eigenvalue weighted by molar-refractivity contribution is -0.384. The van der Waals surface area contributed by atoms with Gasteiger partial charge in [0.1, 0.15) is 17.2 Å². The van der Waals surface area contributed by atoms with Crippen LogP contribution in [0.4, 0.5) is 17.1 Å². The zero-order valence-corrected chi connectivity index (χ0v) is 40.3. The van der Waals surface area contributed by atoms with Crippen LogP contribution in [0.25, 0.3) is 11.6 Å². The molecule has 4 aromatic rings. The largest absolute Gasteiger partial charge is 0.456 e. The van der Waals surface area contributed by atoms with Crippen molar-refractivity contribution in [1.82, 2.24) is 9.62 Å². The van der Waals surface area contributed by atoms with Gasteiger partial charge in [-0.05, 0) is 165 Å². The van der Waals surface area contributed by atoms with E-state index >= 15 is 0 Å². The number of rotatable bonds is 12. The van der Waals surface area contributed by atoms with E-state index in [0.29, 0.717) is 24.1 Å². The minimum atomic E-state index is -4.49. The van der Waals surface area contributed by atoms with Crippen LogP contribution in [0, 0.1) is 39.2 Å². The van der Waals surface area contributed by atoms with Gasteiger partial charge in [-0.3, -0.25) is 19.8 Å². The van der Waals surface area contributed by atoms with Crippen molar-refractivity contribution in [3.05, 3.63) is 128 Å². The highest BCUT2D eigenvalue weighted by Gasteiger charge is 2.47. The number of hydrogen-bond donors (Lipinski definition) is 3. The molecule has 0 unspecified atom stereocenters. The zero-order chi connectivity index (χ0) is 47.0. The van der Waals surface area contributed by atoms with Crippen molar-refractivity contribution < 1.29 is 28.0 Å². The molecule has 0 aromatic heterocycles. The molecule has 4 saturated carbocycles. The Labute approximate surface area is 399 Å². The quantitative estimate of drug-likeness (QED) is 0.0923. The number of halogens is 1. The molecule has 7 aliphatic rings. The number of piperazine rings is 1. The second kappa shape index (κ2) is 19.4. The van der Waals surface area contributed by atoms with Crippen molar-refractivity contribution in [2.24, 2.45) is 29.1 Å². The maximum atomic E-state index is 13.8. The summed E-state index contributed by atoms with van der Waals surface area (Å²) in [5.74, 6) is 3.18. The van der Waals surface area contributed by atoms with Gasteiger partial charge in [-0.15, -0.1) is 0 Å². The number of sulfonamides is 1. The summed E-state index contributed by atoms with van der Waals surface area (Å²) in [4.78, 5) is 29.2. The molecule has 14 heteroatoms. The van der Waals surface area contributed by atoms with Gasteiger partial charge in [0, 0.05) is 62.1 Å². The number of carbonyl (C=O) groups excluding carboxylic acids is 1. The van der Waals surface area contributed by atoms with Crippen molar-refractivity contribution in [2.75, 3.05) is 49.5 Å². The number of hydrogen-bond acceptors (Lipinski definition) is 10. The summed E-state index contributed by atoms with van der Waals surface area (Å²) in [5, 5.41) is 25.1. The molecule has 0 spiro atoms. The molecule has 67 heavy (non-hydrogen) atoms. The van der Waals surface area contributed by atoms with Gasteiger partial charge in [0.05, 0.1) is 21.5 Å². The highest BCUT2D eigenvalue weighted by atomic mass is 35.5. The van der Waals surface area contributed by atoms with Crippen LogP contribution < -0.4 is 19.7 Å². The Kier molecular flexibility index (Phi) is 13.6. The topological polar surface area (TPSA) is 154 Å². The second-order valence-electron chi connectivity index (χ2n) is 20.3. The Morgan fingerprint density at radius 3 is 2.33 bits per heavy atom. The number of nitro groups is 1. The molecular weight excluding hydrogens is 886 g/mol. The average molecular weight is 949 g/mol. The summed E-state index contributed by atoms with van der Waals surface area (Å²) in [6.45, 7) is 10.9. The maximum Gasteiger partial charge on any atom is 0.293 e. The molecule has 1 heterocycles. The van der Waals surface area contributed by atoms with E-state index in [1.165, 1.54) is 60.9 Å². The number of aliphatic hydroxyl groups excluding tert-OH is 1. The Balaban J connectivity index is 0.000000440. The molecule has 4 bridgehead atoms. The number of amides is 1. The lowest BCUT2D eigenvalue weighted by Crippen LogP contribution is -2.48. The number of allylic oxidation sites excluding steroid dienone is 2. The first kappa shape index (κ1) is 46.9. The molecule has 3 N–H and O–H groups in total. The molecule has 1 saturated heterocycles. The first-order valence-electron chi connectivity index (χ1n) is 23.9. The molecule has 5 fully saturated rings. The Morgan fingerprint density at radius 2 is 1.64 bits per heavy atom. The average Bonchev–Trinajstić information content (AvgIpc) is 3.77. The number of anilines is 2. The summed E-state index contributed by atoms with van der Waals surface area (Å²) in [7, 11) is -4.49. The Hall–Kier alpha value is -5.21. The first-order chi connectivity index (χ1) is 32.1. The van der Waals surface area contributed by atoms with Crippen molar-refractivity contribution in [3.8, 4) is 11.5 Å². The minimum Gasteiger partial charge on any atom is -0.456 e. The van der Waals surface area contributed by atoms with E-state index in [2.05, 4.69) is 51.9 Å². The summed E-state index contributed by atoms with van der Waals surface area (Å²) < 4.78 is 35.4. The van der Waals surface area contributed by atoms with Gasteiger partial charge in [0.25, 0.3) is 21.6 Å². The molecule has 4 aromatic carbocycles. The van der Waals surface area contributed by atoms with E-state index in [-0.39, 0.29) is 28.5 Å². The Bertz CT molecular complexity index is 2670. The number of ether oxygens (including phenoxy) is 1. The highest BCUT2D eigenvalue weighted by molar-refractivity contribution is 7.90. The van der Waals surface area contributed by atoms with Gasteiger partial charge in [0.2, 0.25) is 0 Å². The minimum absolute atomic E-state index is 0.00709. The van der Waals surface area contributed by atoms with Gasteiger partial charge in [-0.2, -0.15) is 0 Å². The van der Waals surface area contributed by atoms with Gasteiger partial charge in [0.15, 0.2) is 0 Å². The fourth-order valence-corrected chi connectivity index (χ4v) is 12.7. The van der Waals surface area contributed by atoms with E-state index in [1.807, 2.05) is 36.4 Å². The molecule has 0 atom stereocenters. The zero-order valence-electron chi connectivity index (χ0n) is 38.7. The van der Waals surface area contributed by atoms with E-state index in [0.717, 1.165) is 98.1 Å². The van der Waals surface area contributed by atoms with Gasteiger partial charge in [-0.1, -0.05) is 61.4 Å². The van der Waals surface area contributed by atoms with E-state index in [1.54, 1.807) is 25.1 Å². The fraction of sp³-hybridized carbons (Fsp3) is 0.453. The Morgan fingerprint density at radius 1 is 0.925 bits per heavy atom. The van der Waals surface area contributed by atoms with Crippen LogP contribution in [-0.2, 0) is 16.4 Å². The third kappa shape index (κ3) is 10.6. The fourth-order valence-electron chi connectivity index (χ4n) is 11.6. The second-order valence-corrected chi connectivity index (χ2v) is 22.4. The number of fused-ring (bicyclic) bond motifs is 1. The third-order valence-electron chi connectivity index (χ3n) is 15.0. The summed E-state index contributed by atoms with van der Waals surface area (Å²) >= 11 is 6.23. The molecule has 6 aliphatic carbocycles. The predicted octanol–water partition coefficient (Wildman–Crippen LogP) is 10.7. The van der Waals surface area contributed by atoms with Crippen LogP contribution in [0.5, 0.6) is 11.5 Å². The van der Waals surface area contributed by atoms with Crippen molar-refractivity contribution in [2.45, 2.75) is 89.6 Å². The van der Waals surface area contributed by atoms with Crippen LogP contribution in [-0.4, -0.2) is 74.6 Å². The molecule has 354 valence electrons. The van der Waals surface area contributed by atoms with Gasteiger partial charge >= 0.3 is 0 Å². The summed E-state index contributed by atoms with van der Waals surface area (Å²) in [5.41, 5.74) is 7.17. The van der Waals surface area contributed by atoms with Gasteiger partial charge < -0.3 is 20.1 Å². The summed E-state index contributed by atoms with van der Waals surface area (Å²) in [6.07, 6.45) is 15.1. The van der Waals surface area contributed by atoms with Crippen LogP contribution in [0.2, 0.25) is 5.02 Å². The molecule has 11 rings (SSSR count). The third-order valence-corrected chi connectivity index (χ3v) is 16.5. The number of carbonyl (C=O) groups is 1. The van der Waals surface area contributed by atoms with Crippen LogP contribution >= 0.6 is 11.6 Å². The normalized spacial score (nSPS) is 23.9. The van der Waals surface area contributed by atoms with Crippen molar-refractivity contribution in [3.63, 3.8) is 0 Å². The predicted molar refractivity (Wildman–Crippen MR) is 265 cm³/mol. The number of nitro benzene ring substituents is 1. The van der Waals surface area contributed by atoms with Crippen LogP contribution in [0.1, 0.15) is 99.2 Å². The smallest absolute Gasteiger partial charge is 0.293 e. The first-order valence-corrected chi connectivity index (χ1v) is 25.8. The monoisotopic (exact) mass is 947 g/mol. The SMILES string of the molecule is CCNc1ccc(S(=O)(=O)NC(=O)c2ccc(N3CCN(CC4=C(c5ccc(Cl)cc5)CC(C)(C)CC4)CC3)cc2Oc2ccc3c(c2)C=CC3)cc1[N+](=O)[O-].OC1C2CC3CC(C2)CC1C3. The van der Waals surface area contributed by atoms with E-state index < -0.39 is 31.4 Å². The van der Waals surface area contributed by atoms with E-state index in [9.17, 15) is 28.4 Å². The number of benzene rings is 4. The number of aliphatic hydroxyl groups is 1. The highest BCUT2D eigenvalue weighted by Crippen LogP contribution is 2.53. The van der Waals surface area contributed by atoms with Crippen LogP contribution in [0.3, 0.4) is 0 Å². The molecule has 12 nitrogen and oxygen atoms in total. The molecular formula is C53H62ClN5O7S.